The smallest absolute Gasteiger partial charge is 0.334 e. The summed E-state index contributed by atoms with van der Waals surface area (Å²) in [6.07, 6.45) is -1.15. The van der Waals surface area contributed by atoms with Gasteiger partial charge in [0.1, 0.15) is 0 Å². The van der Waals surface area contributed by atoms with Gasteiger partial charge in [0.15, 0.2) is 17.7 Å². The third-order valence-electron chi connectivity index (χ3n) is 2.50. The van der Waals surface area contributed by atoms with Crippen molar-refractivity contribution in [1.29, 1.82) is 0 Å². The first-order valence-corrected chi connectivity index (χ1v) is 6.20. The molecule has 0 saturated carbocycles. The molecule has 0 heterocycles. The maximum Gasteiger partial charge on any atom is 0.334 e. The van der Waals surface area contributed by atoms with Gasteiger partial charge in [-0.2, -0.15) is 0 Å². The number of halogens is 1. The number of amides is 2. The number of hydrogen-bond donors (Lipinski definition) is 3. The minimum atomic E-state index is -1.19. The fourth-order valence-corrected chi connectivity index (χ4v) is 1.48. The molecule has 0 fully saturated rings. The molecule has 0 aliphatic carbocycles. The molecule has 1 rings (SSSR count). The first kappa shape index (κ1) is 16.7. The van der Waals surface area contributed by atoms with Crippen molar-refractivity contribution in [3.8, 4) is 5.75 Å². The van der Waals surface area contributed by atoms with Gasteiger partial charge in [-0.05, 0) is 19.1 Å². The minimum Gasteiger partial charge on any atom is -0.491 e. The van der Waals surface area contributed by atoms with Crippen molar-refractivity contribution >= 4 is 17.7 Å². The van der Waals surface area contributed by atoms with Crippen LogP contribution in [0.5, 0.6) is 5.75 Å². The number of carbonyl (C=O) groups is 2. The Morgan fingerprint density at radius 3 is 2.67 bits per heavy atom. The van der Waals surface area contributed by atoms with Crippen LogP contribution in [-0.2, 0) is 9.53 Å². The summed E-state index contributed by atoms with van der Waals surface area (Å²) < 4.78 is 23.3. The van der Waals surface area contributed by atoms with Crippen LogP contribution in [0.4, 0.5) is 14.9 Å². The Hall–Kier alpha value is -2.35. The van der Waals surface area contributed by atoms with Crippen LogP contribution in [-0.4, -0.2) is 43.5 Å². The van der Waals surface area contributed by atoms with Crippen LogP contribution in [0, 0.1) is 5.82 Å². The molecule has 1 atom stereocenters. The molecule has 0 bridgehead atoms. The van der Waals surface area contributed by atoms with Gasteiger partial charge in [0.05, 0.1) is 13.2 Å². The lowest BCUT2D eigenvalue weighted by molar-refractivity contribution is -0.147. The molecule has 0 aliphatic heterocycles. The van der Waals surface area contributed by atoms with Gasteiger partial charge in [-0.25, -0.2) is 14.0 Å². The first-order valence-electron chi connectivity index (χ1n) is 6.20. The van der Waals surface area contributed by atoms with Crippen LogP contribution in [0.3, 0.4) is 0 Å². The molecule has 116 valence electrons. The molecule has 3 N–H and O–H groups in total. The molecular formula is C13H17FN2O5. The van der Waals surface area contributed by atoms with E-state index in [-0.39, 0.29) is 18.0 Å². The second-order valence-corrected chi connectivity index (χ2v) is 3.98. The first-order chi connectivity index (χ1) is 9.97. The van der Waals surface area contributed by atoms with Crippen molar-refractivity contribution in [3.05, 3.63) is 24.0 Å². The zero-order valence-corrected chi connectivity index (χ0v) is 11.7. The lowest BCUT2D eigenvalue weighted by Crippen LogP contribution is -2.39. The number of rotatable bonds is 7. The molecular weight excluding hydrogens is 283 g/mol. The van der Waals surface area contributed by atoms with E-state index >= 15 is 0 Å². The third-order valence-corrected chi connectivity index (χ3v) is 2.50. The van der Waals surface area contributed by atoms with Crippen molar-refractivity contribution < 1.29 is 28.6 Å². The standard InChI is InChI=1S/C13H17FN2O5/c1-3-21-10-5-4-8(6-9(10)14)16-13(19)15-7-11(20-2)12(17)18/h4-6,11H,3,7H2,1-2H3,(H,17,18)(H2,15,16,19). The minimum absolute atomic E-state index is 0.0915. The van der Waals surface area contributed by atoms with Crippen molar-refractivity contribution in [1.82, 2.24) is 5.32 Å². The Morgan fingerprint density at radius 2 is 2.14 bits per heavy atom. The SMILES string of the molecule is CCOc1ccc(NC(=O)NCC(OC)C(=O)O)cc1F. The molecule has 1 aromatic rings. The third kappa shape index (κ3) is 5.27. The Morgan fingerprint density at radius 1 is 1.43 bits per heavy atom. The molecule has 2 amide bonds. The van der Waals surface area contributed by atoms with E-state index < -0.39 is 23.9 Å². The Bertz CT molecular complexity index is 509. The van der Waals surface area contributed by atoms with E-state index in [9.17, 15) is 14.0 Å². The van der Waals surface area contributed by atoms with Crippen LogP contribution >= 0.6 is 0 Å². The van der Waals surface area contributed by atoms with Crippen LogP contribution in [0.15, 0.2) is 18.2 Å². The van der Waals surface area contributed by atoms with Crippen molar-refractivity contribution in [3.63, 3.8) is 0 Å². The summed E-state index contributed by atoms with van der Waals surface area (Å²) in [5, 5.41) is 13.4. The molecule has 0 aliphatic rings. The number of aliphatic carboxylic acids is 1. The van der Waals surface area contributed by atoms with E-state index in [0.29, 0.717) is 6.61 Å². The highest BCUT2D eigenvalue weighted by Gasteiger charge is 2.17. The number of carbonyl (C=O) groups excluding carboxylic acids is 1. The van der Waals surface area contributed by atoms with E-state index in [0.717, 1.165) is 6.07 Å². The summed E-state index contributed by atoms with van der Waals surface area (Å²) in [4.78, 5) is 22.2. The number of nitrogens with one attached hydrogen (secondary N) is 2. The predicted octanol–water partition coefficient (Wildman–Crippen LogP) is 1.45. The highest BCUT2D eigenvalue weighted by Crippen LogP contribution is 2.20. The zero-order valence-electron chi connectivity index (χ0n) is 11.7. The summed E-state index contributed by atoms with van der Waals surface area (Å²) >= 11 is 0. The van der Waals surface area contributed by atoms with Crippen LogP contribution < -0.4 is 15.4 Å². The number of benzene rings is 1. The average Bonchev–Trinajstić information content (AvgIpc) is 2.42. The maximum absolute atomic E-state index is 13.6. The van der Waals surface area contributed by atoms with Gasteiger partial charge < -0.3 is 25.2 Å². The second-order valence-electron chi connectivity index (χ2n) is 3.98. The monoisotopic (exact) mass is 300 g/mol. The van der Waals surface area contributed by atoms with E-state index in [1.807, 2.05) is 0 Å². The number of ether oxygens (including phenoxy) is 2. The fourth-order valence-electron chi connectivity index (χ4n) is 1.48. The summed E-state index contributed by atoms with van der Waals surface area (Å²) in [5.41, 5.74) is 0.220. The second kappa shape index (κ2) is 8.05. The highest BCUT2D eigenvalue weighted by molar-refractivity contribution is 5.89. The normalized spacial score (nSPS) is 11.6. The van der Waals surface area contributed by atoms with E-state index in [1.54, 1.807) is 6.92 Å². The number of hydrogen-bond acceptors (Lipinski definition) is 4. The van der Waals surface area contributed by atoms with Gasteiger partial charge in [0.25, 0.3) is 0 Å². The van der Waals surface area contributed by atoms with E-state index in [1.165, 1.54) is 19.2 Å². The number of carboxylic acids is 1. The van der Waals surface area contributed by atoms with E-state index in [4.69, 9.17) is 9.84 Å². The van der Waals surface area contributed by atoms with Gasteiger partial charge in [0.2, 0.25) is 0 Å². The molecule has 0 saturated heterocycles. The van der Waals surface area contributed by atoms with Crippen LogP contribution in [0.1, 0.15) is 6.92 Å². The predicted molar refractivity (Wildman–Crippen MR) is 73.0 cm³/mol. The lowest BCUT2D eigenvalue weighted by atomic mass is 10.3. The van der Waals surface area contributed by atoms with Crippen LogP contribution in [0.2, 0.25) is 0 Å². The largest absolute Gasteiger partial charge is 0.491 e. The molecule has 8 heteroatoms. The maximum atomic E-state index is 13.6. The number of anilines is 1. The molecule has 1 unspecified atom stereocenters. The average molecular weight is 300 g/mol. The van der Waals surface area contributed by atoms with Crippen molar-refractivity contribution in [2.24, 2.45) is 0 Å². The molecule has 1 aromatic carbocycles. The van der Waals surface area contributed by atoms with Crippen molar-refractivity contribution in [2.45, 2.75) is 13.0 Å². The van der Waals surface area contributed by atoms with Gasteiger partial charge in [-0.1, -0.05) is 0 Å². The number of carboxylic acid groups (broad SMARTS) is 1. The lowest BCUT2D eigenvalue weighted by Gasteiger charge is -2.12. The van der Waals surface area contributed by atoms with E-state index in [2.05, 4.69) is 15.4 Å². The van der Waals surface area contributed by atoms with Gasteiger partial charge in [-0.15, -0.1) is 0 Å². The number of urea groups is 1. The summed E-state index contributed by atoms with van der Waals surface area (Å²) in [6.45, 7) is 1.85. The molecule has 0 aromatic heterocycles. The molecule has 0 radical (unpaired) electrons. The molecule has 21 heavy (non-hydrogen) atoms. The molecule has 0 spiro atoms. The van der Waals surface area contributed by atoms with Crippen molar-refractivity contribution in [2.75, 3.05) is 25.6 Å². The summed E-state index contributed by atoms with van der Waals surface area (Å²) in [6, 6.07) is 3.31. The quantitative estimate of drug-likeness (QED) is 0.708. The summed E-state index contributed by atoms with van der Waals surface area (Å²) in [7, 11) is 1.22. The number of methoxy groups -OCH3 is 1. The Labute approximate surface area is 121 Å². The van der Waals surface area contributed by atoms with Crippen LogP contribution in [0.25, 0.3) is 0 Å². The van der Waals surface area contributed by atoms with Gasteiger partial charge in [0, 0.05) is 18.9 Å². The Balaban J connectivity index is 2.55. The van der Waals surface area contributed by atoms with Gasteiger partial charge >= 0.3 is 12.0 Å². The zero-order chi connectivity index (χ0) is 15.8. The summed E-state index contributed by atoms with van der Waals surface area (Å²) in [5.74, 6) is -1.70. The highest BCUT2D eigenvalue weighted by atomic mass is 19.1. The Kier molecular flexibility index (Phi) is 6.41. The van der Waals surface area contributed by atoms with Gasteiger partial charge in [-0.3, -0.25) is 0 Å². The molecule has 7 nitrogen and oxygen atoms in total. The topological polar surface area (TPSA) is 96.9 Å². The fraction of sp³-hybridized carbons (Fsp3) is 0.385.